The van der Waals surface area contributed by atoms with Gasteiger partial charge in [-0.3, -0.25) is 14.9 Å². The third-order valence-electron chi connectivity index (χ3n) is 3.96. The largest absolute Gasteiger partial charge is 0.337 e. The van der Waals surface area contributed by atoms with Gasteiger partial charge in [-0.1, -0.05) is 42.1 Å². The van der Waals surface area contributed by atoms with Gasteiger partial charge in [0.1, 0.15) is 0 Å². The molecule has 7 nitrogen and oxygen atoms in total. The van der Waals surface area contributed by atoms with Crippen molar-refractivity contribution in [2.45, 2.75) is 18.5 Å². The van der Waals surface area contributed by atoms with Crippen LogP contribution in [0.5, 0.6) is 0 Å². The second-order valence-corrected chi connectivity index (χ2v) is 7.85. The number of nitrogens with one attached hydrogen (secondary N) is 2. The molecule has 2 N–H and O–H groups in total. The summed E-state index contributed by atoms with van der Waals surface area (Å²) in [6.07, 6.45) is 0.728. The van der Waals surface area contributed by atoms with Gasteiger partial charge in [-0.2, -0.15) is 0 Å². The van der Waals surface area contributed by atoms with E-state index in [9.17, 15) is 14.9 Å². The van der Waals surface area contributed by atoms with E-state index in [-0.39, 0.29) is 17.3 Å². The van der Waals surface area contributed by atoms with Gasteiger partial charge in [0.2, 0.25) is 5.91 Å². The number of imidazole rings is 1. The van der Waals surface area contributed by atoms with Crippen molar-refractivity contribution >= 4 is 45.0 Å². The number of hydrogen-bond acceptors (Lipinski definition) is 5. The number of nitrogens with zero attached hydrogens (tertiary/aromatic N) is 2. The van der Waals surface area contributed by atoms with Crippen molar-refractivity contribution in [3.63, 3.8) is 0 Å². The predicted octanol–water partition coefficient (Wildman–Crippen LogP) is 4.71. The Bertz CT molecular complexity index is 1010. The molecular weight excluding hydrogens is 444 g/mol. The number of nitro benzene ring substituents is 1. The smallest absolute Gasteiger partial charge is 0.270 e. The van der Waals surface area contributed by atoms with Gasteiger partial charge in [-0.05, 0) is 34.5 Å². The summed E-state index contributed by atoms with van der Waals surface area (Å²) in [7, 11) is 0. The van der Waals surface area contributed by atoms with E-state index in [1.807, 2.05) is 25.1 Å². The molecule has 2 aromatic carbocycles. The highest BCUT2D eigenvalue weighted by Gasteiger charge is 2.13. The third-order valence-corrected chi connectivity index (χ3v) is 5.49. The third kappa shape index (κ3) is 5.20. The number of aromatic amines is 1. The van der Waals surface area contributed by atoms with Crippen molar-refractivity contribution in [2.24, 2.45) is 0 Å². The van der Waals surface area contributed by atoms with E-state index in [1.165, 1.54) is 35.5 Å². The average Bonchev–Trinajstić information content (AvgIpc) is 3.02. The van der Waals surface area contributed by atoms with E-state index in [1.54, 1.807) is 0 Å². The summed E-state index contributed by atoms with van der Waals surface area (Å²) in [5.41, 5.74) is 3.54. The quantitative estimate of drug-likeness (QED) is 0.302. The van der Waals surface area contributed by atoms with Gasteiger partial charge in [0, 0.05) is 28.7 Å². The molecule has 0 atom stereocenters. The van der Waals surface area contributed by atoms with E-state index in [0.717, 1.165) is 17.8 Å². The Morgan fingerprint density at radius 1 is 1.29 bits per heavy atom. The summed E-state index contributed by atoms with van der Waals surface area (Å²) >= 11 is 4.54. The first-order valence-electron chi connectivity index (χ1n) is 8.38. The molecule has 1 amide bonds. The first-order chi connectivity index (χ1) is 13.4. The van der Waals surface area contributed by atoms with E-state index in [0.29, 0.717) is 15.3 Å². The van der Waals surface area contributed by atoms with E-state index in [2.05, 4.69) is 43.3 Å². The minimum absolute atomic E-state index is 0.0451. The molecule has 0 bridgehead atoms. The minimum Gasteiger partial charge on any atom is -0.337 e. The van der Waals surface area contributed by atoms with Gasteiger partial charge in [-0.15, -0.1) is 0 Å². The Kier molecular flexibility index (Phi) is 6.48. The second kappa shape index (κ2) is 9.03. The number of halogens is 1. The highest BCUT2D eigenvalue weighted by Crippen LogP contribution is 2.27. The molecule has 1 heterocycles. The summed E-state index contributed by atoms with van der Waals surface area (Å²) < 4.78 is 0.457. The van der Waals surface area contributed by atoms with Crippen LogP contribution in [0.3, 0.4) is 0 Å². The molecule has 3 aromatic rings. The molecule has 0 radical (unpaired) electrons. The number of benzene rings is 2. The van der Waals surface area contributed by atoms with Crippen molar-refractivity contribution < 1.29 is 9.72 Å². The molecule has 28 heavy (non-hydrogen) atoms. The number of nitro groups is 1. The summed E-state index contributed by atoms with van der Waals surface area (Å²) in [5, 5.41) is 14.2. The fraction of sp³-hybridized carbons (Fsp3) is 0.158. The summed E-state index contributed by atoms with van der Waals surface area (Å²) in [6.45, 7) is 1.96. The van der Waals surface area contributed by atoms with Gasteiger partial charge in [-0.25, -0.2) is 4.98 Å². The van der Waals surface area contributed by atoms with Crippen molar-refractivity contribution in [1.82, 2.24) is 9.97 Å². The molecule has 0 aliphatic heterocycles. The zero-order chi connectivity index (χ0) is 20.1. The Balaban J connectivity index is 1.58. The first kappa shape index (κ1) is 20.1. The average molecular weight is 461 g/mol. The highest BCUT2D eigenvalue weighted by molar-refractivity contribution is 9.10. The fourth-order valence-electron chi connectivity index (χ4n) is 2.54. The topological polar surface area (TPSA) is 101 Å². The molecule has 144 valence electrons. The Morgan fingerprint density at radius 3 is 2.71 bits per heavy atom. The van der Waals surface area contributed by atoms with E-state index < -0.39 is 4.92 Å². The van der Waals surface area contributed by atoms with Crippen LogP contribution in [-0.4, -0.2) is 26.6 Å². The lowest BCUT2D eigenvalue weighted by Gasteiger charge is -2.06. The molecule has 9 heteroatoms. The van der Waals surface area contributed by atoms with Crippen LogP contribution in [0.2, 0.25) is 0 Å². The number of rotatable bonds is 7. The number of carbonyl (C=O) groups excluding carboxylic acids is 1. The van der Waals surface area contributed by atoms with Crippen LogP contribution >= 0.6 is 27.7 Å². The maximum atomic E-state index is 12.2. The SMILES string of the molecule is Cc1[nH]c(SCC(=O)Nc2ccc([N+](=O)[O-])cc2Br)nc1Cc1ccccc1. The van der Waals surface area contributed by atoms with Crippen molar-refractivity contribution in [2.75, 3.05) is 11.1 Å². The van der Waals surface area contributed by atoms with Crippen LogP contribution in [0.25, 0.3) is 0 Å². The lowest BCUT2D eigenvalue weighted by atomic mass is 10.1. The lowest BCUT2D eigenvalue weighted by Crippen LogP contribution is -2.14. The molecule has 0 spiro atoms. The molecule has 0 unspecified atom stereocenters. The Morgan fingerprint density at radius 2 is 2.04 bits per heavy atom. The van der Waals surface area contributed by atoms with E-state index >= 15 is 0 Å². The minimum atomic E-state index is -0.488. The normalized spacial score (nSPS) is 10.6. The monoisotopic (exact) mass is 460 g/mol. The number of hydrogen-bond donors (Lipinski definition) is 2. The Labute approximate surface area is 174 Å². The maximum absolute atomic E-state index is 12.2. The molecule has 0 saturated heterocycles. The van der Waals surface area contributed by atoms with Gasteiger partial charge in [0.05, 0.1) is 22.1 Å². The molecule has 0 aliphatic rings. The summed E-state index contributed by atoms with van der Waals surface area (Å²) in [4.78, 5) is 30.3. The van der Waals surface area contributed by atoms with E-state index in [4.69, 9.17) is 0 Å². The highest BCUT2D eigenvalue weighted by atomic mass is 79.9. The number of thioether (sulfide) groups is 1. The zero-order valence-electron chi connectivity index (χ0n) is 14.9. The number of aromatic nitrogens is 2. The fourth-order valence-corrected chi connectivity index (χ4v) is 3.74. The molecule has 1 aromatic heterocycles. The van der Waals surface area contributed by atoms with Crippen LogP contribution in [0.4, 0.5) is 11.4 Å². The van der Waals surface area contributed by atoms with Crippen LogP contribution in [0.1, 0.15) is 17.0 Å². The maximum Gasteiger partial charge on any atom is 0.270 e. The number of carbonyl (C=O) groups is 1. The Hall–Kier alpha value is -2.65. The number of anilines is 1. The van der Waals surface area contributed by atoms with Gasteiger partial charge in [0.15, 0.2) is 5.16 Å². The second-order valence-electron chi connectivity index (χ2n) is 6.03. The van der Waals surface area contributed by atoms with Gasteiger partial charge >= 0.3 is 0 Å². The molecule has 0 saturated carbocycles. The zero-order valence-corrected chi connectivity index (χ0v) is 17.3. The van der Waals surface area contributed by atoms with Gasteiger partial charge < -0.3 is 10.3 Å². The molecule has 3 rings (SSSR count). The van der Waals surface area contributed by atoms with Crippen LogP contribution in [0, 0.1) is 17.0 Å². The van der Waals surface area contributed by atoms with Crippen molar-refractivity contribution in [1.29, 1.82) is 0 Å². The van der Waals surface area contributed by atoms with Crippen LogP contribution in [-0.2, 0) is 11.2 Å². The van der Waals surface area contributed by atoms with Crippen molar-refractivity contribution in [3.8, 4) is 0 Å². The number of amides is 1. The first-order valence-corrected chi connectivity index (χ1v) is 10.2. The van der Waals surface area contributed by atoms with Crippen LogP contribution < -0.4 is 5.32 Å². The number of H-pyrrole nitrogens is 1. The lowest BCUT2D eigenvalue weighted by molar-refractivity contribution is -0.384. The molecular formula is C19H17BrN4O3S. The standard InChI is InChI=1S/C19H17BrN4O3S/c1-12-17(9-13-5-3-2-4-6-13)23-19(21-12)28-11-18(25)22-16-8-7-14(24(26)27)10-15(16)20/h2-8,10H,9,11H2,1H3,(H,21,23)(H,22,25). The predicted molar refractivity (Wildman–Crippen MR) is 113 cm³/mol. The summed E-state index contributed by atoms with van der Waals surface area (Å²) in [6, 6.07) is 14.3. The summed E-state index contributed by atoms with van der Waals surface area (Å²) in [5.74, 6) is -0.0561. The molecule has 0 fully saturated rings. The molecule has 0 aliphatic carbocycles. The van der Waals surface area contributed by atoms with Gasteiger partial charge in [0.25, 0.3) is 5.69 Å². The number of aryl methyl sites for hydroxylation is 1. The van der Waals surface area contributed by atoms with Crippen LogP contribution in [0.15, 0.2) is 58.2 Å². The van der Waals surface area contributed by atoms with Crippen molar-refractivity contribution in [3.05, 3.63) is 80.1 Å². The number of non-ortho nitro benzene ring substituents is 1.